The van der Waals surface area contributed by atoms with Crippen LogP contribution in [0.15, 0.2) is 47.5 Å². The van der Waals surface area contributed by atoms with Gasteiger partial charge in [0, 0.05) is 44.8 Å². The molecular formula is C21H25FN4O. The second kappa shape index (κ2) is 7.86. The van der Waals surface area contributed by atoms with E-state index in [0.717, 1.165) is 57.1 Å². The fraction of sp³-hybridized carbons (Fsp3) is 0.381. The van der Waals surface area contributed by atoms with E-state index in [2.05, 4.69) is 33.0 Å². The summed E-state index contributed by atoms with van der Waals surface area (Å²) in [6.07, 6.45) is 1.87. The number of ether oxygens (including phenoxy) is 1. The van der Waals surface area contributed by atoms with Gasteiger partial charge in [-0.2, -0.15) is 0 Å². The molecule has 27 heavy (non-hydrogen) atoms. The second-order valence-electron chi connectivity index (χ2n) is 6.98. The maximum atomic E-state index is 13.1. The molecule has 0 bridgehead atoms. The molecule has 1 fully saturated rings. The Kier molecular flexibility index (Phi) is 5.14. The molecule has 2 heterocycles. The molecule has 1 saturated heterocycles. The Labute approximate surface area is 159 Å². The van der Waals surface area contributed by atoms with Gasteiger partial charge in [0.05, 0.1) is 6.61 Å². The molecule has 4 rings (SSSR count). The van der Waals surface area contributed by atoms with Gasteiger partial charge in [-0.05, 0) is 47.9 Å². The number of fused-ring (bicyclic) bond motifs is 1. The molecule has 2 aromatic carbocycles. The Balaban J connectivity index is 1.27. The van der Waals surface area contributed by atoms with Crippen molar-refractivity contribution in [3.8, 4) is 5.75 Å². The first-order valence-electron chi connectivity index (χ1n) is 9.49. The molecule has 0 spiro atoms. The number of hydrogen-bond donors (Lipinski definition) is 1. The van der Waals surface area contributed by atoms with E-state index in [1.165, 1.54) is 23.3 Å². The second-order valence-corrected chi connectivity index (χ2v) is 6.98. The molecule has 142 valence electrons. The lowest BCUT2D eigenvalue weighted by molar-refractivity contribution is 0.357. The maximum Gasteiger partial charge on any atom is 0.191 e. The summed E-state index contributed by atoms with van der Waals surface area (Å²) in [4.78, 5) is 8.93. The maximum absolute atomic E-state index is 13.1. The van der Waals surface area contributed by atoms with E-state index in [4.69, 9.17) is 10.5 Å². The van der Waals surface area contributed by atoms with Crippen molar-refractivity contribution in [3.63, 3.8) is 0 Å². The third-order valence-electron chi connectivity index (χ3n) is 5.22. The molecule has 0 radical (unpaired) electrons. The predicted molar refractivity (Wildman–Crippen MR) is 106 cm³/mol. The first kappa shape index (κ1) is 17.6. The number of halogens is 1. The van der Waals surface area contributed by atoms with Gasteiger partial charge in [0.25, 0.3) is 0 Å². The summed E-state index contributed by atoms with van der Waals surface area (Å²) in [5.74, 6) is 1.42. The van der Waals surface area contributed by atoms with Crippen molar-refractivity contribution >= 4 is 11.6 Å². The Morgan fingerprint density at radius 2 is 1.85 bits per heavy atom. The van der Waals surface area contributed by atoms with Gasteiger partial charge in [0.2, 0.25) is 0 Å². The van der Waals surface area contributed by atoms with E-state index in [1.807, 2.05) is 12.1 Å². The largest absolute Gasteiger partial charge is 0.493 e. The molecule has 2 N–H and O–H groups in total. The van der Waals surface area contributed by atoms with Gasteiger partial charge in [0.1, 0.15) is 11.6 Å². The van der Waals surface area contributed by atoms with Crippen molar-refractivity contribution in [3.05, 3.63) is 59.4 Å². The van der Waals surface area contributed by atoms with Crippen LogP contribution in [0.1, 0.15) is 11.1 Å². The minimum Gasteiger partial charge on any atom is -0.493 e. The third kappa shape index (κ3) is 4.15. The SMILES string of the molecule is NC(=NCCc1ccc2c(c1)CCO2)N1CCN(c2ccc(F)cc2)CC1. The molecule has 2 aliphatic heterocycles. The molecule has 0 amide bonds. The van der Waals surface area contributed by atoms with Crippen LogP contribution in [-0.2, 0) is 12.8 Å². The monoisotopic (exact) mass is 368 g/mol. The van der Waals surface area contributed by atoms with Crippen molar-refractivity contribution in [2.75, 3.05) is 44.2 Å². The average molecular weight is 368 g/mol. The van der Waals surface area contributed by atoms with Crippen molar-refractivity contribution in [1.29, 1.82) is 0 Å². The number of nitrogens with two attached hydrogens (primary N) is 1. The van der Waals surface area contributed by atoms with Gasteiger partial charge in [-0.15, -0.1) is 0 Å². The highest BCUT2D eigenvalue weighted by atomic mass is 19.1. The number of piperazine rings is 1. The highest BCUT2D eigenvalue weighted by Gasteiger charge is 2.18. The summed E-state index contributed by atoms with van der Waals surface area (Å²) < 4.78 is 18.6. The standard InChI is InChI=1S/C21H25FN4O/c22-18-2-4-19(5-3-18)25-10-12-26(13-11-25)21(23)24-9-7-16-1-6-20-17(15-16)8-14-27-20/h1-6,15H,7-14H2,(H2,23,24). The van der Waals surface area contributed by atoms with E-state index in [-0.39, 0.29) is 5.82 Å². The molecule has 0 atom stereocenters. The van der Waals surface area contributed by atoms with E-state index in [0.29, 0.717) is 12.5 Å². The van der Waals surface area contributed by atoms with Gasteiger partial charge < -0.3 is 20.3 Å². The fourth-order valence-corrected chi connectivity index (χ4v) is 3.64. The highest BCUT2D eigenvalue weighted by Crippen LogP contribution is 2.26. The summed E-state index contributed by atoms with van der Waals surface area (Å²) >= 11 is 0. The van der Waals surface area contributed by atoms with Gasteiger partial charge in [-0.1, -0.05) is 12.1 Å². The van der Waals surface area contributed by atoms with Crippen LogP contribution in [-0.4, -0.2) is 50.2 Å². The van der Waals surface area contributed by atoms with Crippen LogP contribution in [0.4, 0.5) is 10.1 Å². The molecule has 2 aliphatic rings. The quantitative estimate of drug-likeness (QED) is 0.665. The predicted octanol–water partition coefficient (Wildman–Crippen LogP) is 2.44. The van der Waals surface area contributed by atoms with Crippen molar-refractivity contribution in [1.82, 2.24) is 4.90 Å². The van der Waals surface area contributed by atoms with E-state index in [1.54, 1.807) is 0 Å². The Morgan fingerprint density at radius 3 is 2.63 bits per heavy atom. The van der Waals surface area contributed by atoms with Gasteiger partial charge in [0.15, 0.2) is 5.96 Å². The highest BCUT2D eigenvalue weighted by molar-refractivity contribution is 5.78. The molecule has 0 aliphatic carbocycles. The molecule has 0 aromatic heterocycles. The molecule has 0 saturated carbocycles. The van der Waals surface area contributed by atoms with Crippen LogP contribution in [0.5, 0.6) is 5.75 Å². The summed E-state index contributed by atoms with van der Waals surface area (Å²) in [6.45, 7) is 4.82. The lowest BCUT2D eigenvalue weighted by Crippen LogP contribution is -2.51. The smallest absolute Gasteiger partial charge is 0.191 e. The number of hydrogen-bond acceptors (Lipinski definition) is 3. The van der Waals surface area contributed by atoms with Crippen molar-refractivity contribution in [2.24, 2.45) is 10.7 Å². The number of rotatable bonds is 4. The normalized spacial score (nSPS) is 17.0. The van der Waals surface area contributed by atoms with Crippen LogP contribution in [0.2, 0.25) is 0 Å². The topological polar surface area (TPSA) is 54.1 Å². The molecule has 2 aromatic rings. The van der Waals surface area contributed by atoms with Crippen molar-refractivity contribution in [2.45, 2.75) is 12.8 Å². The van der Waals surface area contributed by atoms with E-state index < -0.39 is 0 Å². The lowest BCUT2D eigenvalue weighted by atomic mass is 10.1. The Morgan fingerprint density at radius 1 is 1.07 bits per heavy atom. The summed E-state index contributed by atoms with van der Waals surface area (Å²) in [7, 11) is 0. The minimum absolute atomic E-state index is 0.204. The molecule has 6 heteroatoms. The summed E-state index contributed by atoms with van der Waals surface area (Å²) in [6, 6.07) is 13.0. The van der Waals surface area contributed by atoms with Crippen LogP contribution < -0.4 is 15.4 Å². The summed E-state index contributed by atoms with van der Waals surface area (Å²) in [5.41, 5.74) is 9.81. The molecular weight excluding hydrogens is 343 g/mol. The van der Waals surface area contributed by atoms with Crippen molar-refractivity contribution < 1.29 is 9.13 Å². The van der Waals surface area contributed by atoms with Crippen LogP contribution >= 0.6 is 0 Å². The molecule has 5 nitrogen and oxygen atoms in total. The van der Waals surface area contributed by atoms with Gasteiger partial charge >= 0.3 is 0 Å². The van der Waals surface area contributed by atoms with E-state index in [9.17, 15) is 4.39 Å². The zero-order valence-corrected chi connectivity index (χ0v) is 15.4. The number of aliphatic imine (C=N–C) groups is 1. The molecule has 0 unspecified atom stereocenters. The first-order chi connectivity index (χ1) is 13.2. The van der Waals surface area contributed by atoms with Gasteiger partial charge in [-0.3, -0.25) is 4.99 Å². The first-order valence-corrected chi connectivity index (χ1v) is 9.49. The van der Waals surface area contributed by atoms with E-state index >= 15 is 0 Å². The summed E-state index contributed by atoms with van der Waals surface area (Å²) in [5, 5.41) is 0. The fourth-order valence-electron chi connectivity index (χ4n) is 3.64. The Hall–Kier alpha value is -2.76. The third-order valence-corrected chi connectivity index (χ3v) is 5.22. The number of benzene rings is 2. The van der Waals surface area contributed by atoms with Crippen LogP contribution in [0, 0.1) is 5.82 Å². The minimum atomic E-state index is -0.204. The van der Waals surface area contributed by atoms with Crippen LogP contribution in [0.25, 0.3) is 0 Å². The zero-order valence-electron chi connectivity index (χ0n) is 15.4. The number of anilines is 1. The van der Waals surface area contributed by atoms with Gasteiger partial charge in [-0.25, -0.2) is 4.39 Å². The van der Waals surface area contributed by atoms with Crippen LogP contribution in [0.3, 0.4) is 0 Å². The average Bonchev–Trinajstić information content (AvgIpc) is 3.16. The number of guanidine groups is 1. The zero-order chi connectivity index (χ0) is 18.6. The number of nitrogens with zero attached hydrogens (tertiary/aromatic N) is 3. The Bertz CT molecular complexity index is 813. The lowest BCUT2D eigenvalue weighted by Gasteiger charge is -2.36.